The molecule has 2 aromatic carbocycles. The lowest BCUT2D eigenvalue weighted by molar-refractivity contribution is -0.119. The van der Waals surface area contributed by atoms with E-state index in [1.165, 1.54) is 11.1 Å². The van der Waals surface area contributed by atoms with E-state index >= 15 is 0 Å². The number of amides is 1. The summed E-state index contributed by atoms with van der Waals surface area (Å²) in [6.45, 7) is 3.97. The van der Waals surface area contributed by atoms with Crippen LogP contribution in [0.2, 0.25) is 0 Å². The van der Waals surface area contributed by atoms with Crippen molar-refractivity contribution in [3.05, 3.63) is 77.6 Å². The maximum atomic E-state index is 12.7. The molecular formula is C21H22N4O. The number of nitrogens with zero attached hydrogens (tertiary/aromatic N) is 4. The van der Waals surface area contributed by atoms with E-state index in [4.69, 9.17) is 0 Å². The Morgan fingerprint density at radius 3 is 2.42 bits per heavy atom. The molecule has 1 aromatic heterocycles. The normalized spacial score (nSPS) is 19.2. The van der Waals surface area contributed by atoms with Gasteiger partial charge in [-0.05, 0) is 24.5 Å². The summed E-state index contributed by atoms with van der Waals surface area (Å²) in [5.41, 5.74) is 3.54. The fraction of sp³-hybridized carbons (Fsp3) is 0.286. The number of fused-ring (bicyclic) bond motifs is 1. The molecule has 5 heteroatoms. The largest absolute Gasteiger partial charge is 0.274 e. The molecule has 0 unspecified atom stereocenters. The number of carbonyl (C=O) groups is 1. The van der Waals surface area contributed by atoms with Gasteiger partial charge in [-0.25, -0.2) is 4.68 Å². The van der Waals surface area contributed by atoms with Gasteiger partial charge < -0.3 is 0 Å². The highest BCUT2D eigenvalue weighted by atomic mass is 16.2. The van der Waals surface area contributed by atoms with E-state index < -0.39 is 0 Å². The average Bonchev–Trinajstić information content (AvgIpc) is 3.17. The molecular weight excluding hydrogens is 324 g/mol. The second-order valence-electron chi connectivity index (χ2n) is 6.71. The van der Waals surface area contributed by atoms with Crippen LogP contribution in [0.15, 0.2) is 60.9 Å². The Labute approximate surface area is 153 Å². The Bertz CT molecular complexity index is 901. The van der Waals surface area contributed by atoms with Crippen LogP contribution < -0.4 is 4.90 Å². The third-order valence-corrected chi connectivity index (χ3v) is 5.04. The molecule has 0 fully saturated rings. The average molecular weight is 346 g/mol. The van der Waals surface area contributed by atoms with Gasteiger partial charge >= 0.3 is 0 Å². The van der Waals surface area contributed by atoms with Crippen molar-refractivity contribution in [1.29, 1.82) is 0 Å². The zero-order valence-corrected chi connectivity index (χ0v) is 15.0. The van der Waals surface area contributed by atoms with Crippen molar-refractivity contribution >= 4 is 11.9 Å². The molecule has 0 radical (unpaired) electrons. The first-order valence-corrected chi connectivity index (χ1v) is 9.02. The first kappa shape index (κ1) is 16.5. The first-order chi connectivity index (χ1) is 12.7. The van der Waals surface area contributed by atoms with Crippen LogP contribution >= 0.6 is 0 Å². The van der Waals surface area contributed by atoms with Crippen molar-refractivity contribution in [3.8, 4) is 0 Å². The van der Waals surface area contributed by atoms with Gasteiger partial charge in [0.05, 0.1) is 12.1 Å². The standard InChI is InChI=1S/C21H22N4O/c1-3-20(26)24-18(16-7-5-4-6-8-16)13-19(25-21(24)22-14-23-25)17-11-9-15(2)10-12-17/h4-12,14,18-19H,3,13H2,1-2H3/t18-,19+/m0/s1. The SMILES string of the molecule is CCC(=O)N1c2ncnn2[C@@H](c2ccc(C)cc2)C[C@H]1c1ccccc1. The highest BCUT2D eigenvalue weighted by molar-refractivity contribution is 5.92. The highest BCUT2D eigenvalue weighted by Gasteiger charge is 2.38. The van der Waals surface area contributed by atoms with Gasteiger partial charge in [-0.1, -0.05) is 67.1 Å². The van der Waals surface area contributed by atoms with Crippen LogP contribution in [0.5, 0.6) is 0 Å². The van der Waals surface area contributed by atoms with E-state index in [2.05, 4.69) is 53.4 Å². The summed E-state index contributed by atoms with van der Waals surface area (Å²) >= 11 is 0. The summed E-state index contributed by atoms with van der Waals surface area (Å²) in [5.74, 6) is 0.693. The number of hydrogen-bond acceptors (Lipinski definition) is 3. The third kappa shape index (κ3) is 2.79. The van der Waals surface area contributed by atoms with E-state index in [0.29, 0.717) is 12.4 Å². The summed E-state index contributed by atoms with van der Waals surface area (Å²) in [5, 5.41) is 4.44. The molecule has 0 N–H and O–H groups in total. The van der Waals surface area contributed by atoms with Gasteiger partial charge in [0.1, 0.15) is 6.33 Å². The molecule has 26 heavy (non-hydrogen) atoms. The molecule has 2 heterocycles. The smallest absolute Gasteiger partial charge is 0.231 e. The molecule has 0 saturated carbocycles. The monoisotopic (exact) mass is 346 g/mol. The minimum absolute atomic E-state index is 0.0494. The molecule has 0 aliphatic carbocycles. The van der Waals surface area contributed by atoms with Crippen LogP contribution in [0.25, 0.3) is 0 Å². The van der Waals surface area contributed by atoms with Crippen LogP contribution in [-0.4, -0.2) is 20.7 Å². The molecule has 0 spiro atoms. The zero-order valence-electron chi connectivity index (χ0n) is 15.0. The van der Waals surface area contributed by atoms with Crippen molar-refractivity contribution in [1.82, 2.24) is 14.8 Å². The highest BCUT2D eigenvalue weighted by Crippen LogP contribution is 2.41. The fourth-order valence-corrected chi connectivity index (χ4v) is 3.67. The van der Waals surface area contributed by atoms with Gasteiger partial charge in [-0.2, -0.15) is 10.1 Å². The third-order valence-electron chi connectivity index (χ3n) is 5.04. The Balaban J connectivity index is 1.83. The number of anilines is 1. The van der Waals surface area contributed by atoms with Crippen LogP contribution in [0.4, 0.5) is 5.95 Å². The molecule has 0 saturated heterocycles. The van der Waals surface area contributed by atoms with E-state index in [1.54, 1.807) is 6.33 Å². The van der Waals surface area contributed by atoms with Crippen molar-refractivity contribution in [2.24, 2.45) is 0 Å². The molecule has 132 valence electrons. The molecule has 5 nitrogen and oxygen atoms in total. The zero-order chi connectivity index (χ0) is 18.1. The van der Waals surface area contributed by atoms with E-state index in [-0.39, 0.29) is 18.0 Å². The predicted octanol–water partition coefficient (Wildman–Crippen LogP) is 4.06. The molecule has 2 atom stereocenters. The summed E-state index contributed by atoms with van der Waals surface area (Å²) in [7, 11) is 0. The number of hydrogen-bond donors (Lipinski definition) is 0. The van der Waals surface area contributed by atoms with Gasteiger partial charge in [0.2, 0.25) is 11.9 Å². The topological polar surface area (TPSA) is 51.0 Å². The molecule has 0 bridgehead atoms. The van der Waals surface area contributed by atoms with Crippen LogP contribution in [0, 0.1) is 6.92 Å². The Morgan fingerprint density at radius 2 is 1.73 bits per heavy atom. The molecule has 1 amide bonds. The van der Waals surface area contributed by atoms with Crippen LogP contribution in [-0.2, 0) is 4.79 Å². The lowest BCUT2D eigenvalue weighted by atomic mass is 9.91. The maximum Gasteiger partial charge on any atom is 0.231 e. The van der Waals surface area contributed by atoms with Crippen molar-refractivity contribution in [2.75, 3.05) is 4.90 Å². The number of rotatable bonds is 3. The van der Waals surface area contributed by atoms with Gasteiger partial charge in [-0.15, -0.1) is 0 Å². The quantitative estimate of drug-likeness (QED) is 0.718. The summed E-state index contributed by atoms with van der Waals surface area (Å²) in [6, 6.07) is 18.7. The molecule has 3 aromatic rings. The minimum Gasteiger partial charge on any atom is -0.274 e. The fourth-order valence-electron chi connectivity index (χ4n) is 3.67. The van der Waals surface area contributed by atoms with Gasteiger partial charge in [0.25, 0.3) is 0 Å². The van der Waals surface area contributed by atoms with Crippen LogP contribution in [0.3, 0.4) is 0 Å². The Hall–Kier alpha value is -2.95. The summed E-state index contributed by atoms with van der Waals surface area (Å²) in [4.78, 5) is 19.0. The lowest BCUT2D eigenvalue weighted by Gasteiger charge is -2.39. The van der Waals surface area contributed by atoms with Crippen molar-refractivity contribution in [2.45, 2.75) is 38.8 Å². The van der Waals surface area contributed by atoms with Crippen molar-refractivity contribution < 1.29 is 4.79 Å². The molecule has 4 rings (SSSR count). The predicted molar refractivity (Wildman–Crippen MR) is 101 cm³/mol. The number of benzene rings is 2. The molecule has 1 aliphatic rings. The van der Waals surface area contributed by atoms with Gasteiger partial charge in [0, 0.05) is 6.42 Å². The van der Waals surface area contributed by atoms with Gasteiger partial charge in [0.15, 0.2) is 0 Å². The number of aryl methyl sites for hydroxylation is 1. The van der Waals surface area contributed by atoms with Crippen molar-refractivity contribution in [3.63, 3.8) is 0 Å². The van der Waals surface area contributed by atoms with E-state index in [9.17, 15) is 4.79 Å². The van der Waals surface area contributed by atoms with Crippen LogP contribution in [0.1, 0.15) is 48.5 Å². The summed E-state index contributed by atoms with van der Waals surface area (Å²) in [6.07, 6.45) is 2.75. The minimum atomic E-state index is -0.0494. The first-order valence-electron chi connectivity index (χ1n) is 9.02. The lowest BCUT2D eigenvalue weighted by Crippen LogP contribution is -2.42. The van der Waals surface area contributed by atoms with E-state index in [0.717, 1.165) is 12.0 Å². The Morgan fingerprint density at radius 1 is 1.04 bits per heavy atom. The number of carbonyl (C=O) groups excluding carboxylic acids is 1. The maximum absolute atomic E-state index is 12.7. The number of aromatic nitrogens is 3. The second-order valence-corrected chi connectivity index (χ2v) is 6.71. The summed E-state index contributed by atoms with van der Waals surface area (Å²) < 4.78 is 1.89. The van der Waals surface area contributed by atoms with E-state index in [1.807, 2.05) is 34.7 Å². The second kappa shape index (κ2) is 6.75. The molecule has 1 aliphatic heterocycles. The van der Waals surface area contributed by atoms with Gasteiger partial charge in [-0.3, -0.25) is 9.69 Å². The Kier molecular flexibility index (Phi) is 4.29.